The highest BCUT2D eigenvalue weighted by Gasteiger charge is 2.28. The second-order valence-electron chi connectivity index (χ2n) is 2.44. The van der Waals surface area contributed by atoms with Gasteiger partial charge in [0.1, 0.15) is 19.0 Å². The molecule has 0 N–H and O–H groups in total. The lowest BCUT2D eigenvalue weighted by Gasteiger charge is -2.14. The van der Waals surface area contributed by atoms with Gasteiger partial charge in [-0.25, -0.2) is 0 Å². The van der Waals surface area contributed by atoms with Gasteiger partial charge in [0, 0.05) is 14.2 Å². The van der Waals surface area contributed by atoms with Gasteiger partial charge < -0.3 is 18.9 Å². The lowest BCUT2D eigenvalue weighted by Crippen LogP contribution is -2.30. The Kier molecular flexibility index (Phi) is 3.79. The first kappa shape index (κ1) is 8.93. The molecule has 0 radical (unpaired) electrons. The van der Waals surface area contributed by atoms with Crippen molar-refractivity contribution in [1.29, 1.82) is 0 Å². The summed E-state index contributed by atoms with van der Waals surface area (Å²) < 4.78 is 20.3. The molecular formula is C7H14O4. The lowest BCUT2D eigenvalue weighted by molar-refractivity contribution is 0.0166. The molecule has 1 fully saturated rings. The standard InChI is InChI=1S/C7H14O4/c1-8-3-6-7(4-9-2)11-5-10-6/h6-7H,3-5H2,1-2H3. The summed E-state index contributed by atoms with van der Waals surface area (Å²) in [5.41, 5.74) is 0. The fourth-order valence-electron chi connectivity index (χ4n) is 1.07. The van der Waals surface area contributed by atoms with Crippen molar-refractivity contribution in [2.75, 3.05) is 34.2 Å². The summed E-state index contributed by atoms with van der Waals surface area (Å²) in [6.45, 7) is 1.48. The van der Waals surface area contributed by atoms with Gasteiger partial charge in [-0.2, -0.15) is 0 Å². The van der Waals surface area contributed by atoms with Gasteiger partial charge in [0.05, 0.1) is 13.2 Å². The van der Waals surface area contributed by atoms with Gasteiger partial charge in [-0.15, -0.1) is 0 Å². The van der Waals surface area contributed by atoms with Gasteiger partial charge in [0.2, 0.25) is 0 Å². The van der Waals surface area contributed by atoms with Crippen LogP contribution in [0.5, 0.6) is 0 Å². The third-order valence-electron chi connectivity index (χ3n) is 1.64. The zero-order chi connectivity index (χ0) is 8.10. The predicted molar refractivity (Wildman–Crippen MR) is 38.4 cm³/mol. The van der Waals surface area contributed by atoms with Crippen molar-refractivity contribution < 1.29 is 18.9 Å². The van der Waals surface area contributed by atoms with Crippen molar-refractivity contribution in [3.05, 3.63) is 0 Å². The van der Waals surface area contributed by atoms with Crippen LogP contribution in [0, 0.1) is 0 Å². The first-order valence-electron chi connectivity index (χ1n) is 3.59. The Labute approximate surface area is 66.4 Å². The average molecular weight is 162 g/mol. The van der Waals surface area contributed by atoms with E-state index in [1.54, 1.807) is 14.2 Å². The molecule has 0 aromatic rings. The molecule has 2 atom stereocenters. The van der Waals surface area contributed by atoms with E-state index in [1.807, 2.05) is 0 Å². The van der Waals surface area contributed by atoms with E-state index in [2.05, 4.69) is 0 Å². The molecular weight excluding hydrogens is 148 g/mol. The second-order valence-corrected chi connectivity index (χ2v) is 2.44. The van der Waals surface area contributed by atoms with Crippen LogP contribution in [0.1, 0.15) is 0 Å². The Balaban J connectivity index is 2.25. The maximum atomic E-state index is 5.23. The maximum Gasteiger partial charge on any atom is 0.147 e. The van der Waals surface area contributed by atoms with Crippen LogP contribution in [0.2, 0.25) is 0 Å². The SMILES string of the molecule is COCC1OCOC1COC. The van der Waals surface area contributed by atoms with E-state index < -0.39 is 0 Å². The maximum absolute atomic E-state index is 5.23. The number of hydrogen-bond donors (Lipinski definition) is 0. The Bertz CT molecular complexity index is 94.6. The topological polar surface area (TPSA) is 36.9 Å². The summed E-state index contributed by atoms with van der Waals surface area (Å²) in [5, 5.41) is 0. The summed E-state index contributed by atoms with van der Waals surface area (Å²) in [4.78, 5) is 0. The summed E-state index contributed by atoms with van der Waals surface area (Å²) >= 11 is 0. The molecule has 66 valence electrons. The molecule has 1 rings (SSSR count). The fraction of sp³-hybridized carbons (Fsp3) is 1.00. The first-order chi connectivity index (χ1) is 5.38. The van der Waals surface area contributed by atoms with Crippen LogP contribution >= 0.6 is 0 Å². The lowest BCUT2D eigenvalue weighted by atomic mass is 10.2. The van der Waals surface area contributed by atoms with Gasteiger partial charge in [-0.3, -0.25) is 0 Å². The van der Waals surface area contributed by atoms with Crippen LogP contribution in [0.3, 0.4) is 0 Å². The minimum atomic E-state index is 0.0277. The number of hydrogen-bond acceptors (Lipinski definition) is 4. The first-order valence-corrected chi connectivity index (χ1v) is 3.59. The Hall–Kier alpha value is -0.160. The predicted octanol–water partition coefficient (Wildman–Crippen LogP) is 0.0207. The van der Waals surface area contributed by atoms with E-state index in [9.17, 15) is 0 Å². The minimum absolute atomic E-state index is 0.0277. The van der Waals surface area contributed by atoms with E-state index in [4.69, 9.17) is 18.9 Å². The summed E-state index contributed by atoms with van der Waals surface area (Å²) in [5.74, 6) is 0. The quantitative estimate of drug-likeness (QED) is 0.584. The zero-order valence-corrected chi connectivity index (χ0v) is 6.91. The second kappa shape index (κ2) is 4.66. The van der Waals surface area contributed by atoms with Crippen LogP contribution < -0.4 is 0 Å². The summed E-state index contributed by atoms with van der Waals surface area (Å²) in [6.07, 6.45) is 0.0555. The van der Waals surface area contributed by atoms with Gasteiger partial charge in [0.25, 0.3) is 0 Å². The summed E-state index contributed by atoms with van der Waals surface area (Å²) in [7, 11) is 3.29. The molecule has 0 saturated carbocycles. The van der Waals surface area contributed by atoms with Crippen molar-refractivity contribution >= 4 is 0 Å². The van der Waals surface area contributed by atoms with Crippen molar-refractivity contribution in [3.8, 4) is 0 Å². The van der Waals surface area contributed by atoms with Crippen molar-refractivity contribution in [1.82, 2.24) is 0 Å². The molecule has 0 aliphatic carbocycles. The molecule has 4 heteroatoms. The van der Waals surface area contributed by atoms with Crippen molar-refractivity contribution in [2.24, 2.45) is 0 Å². The molecule has 0 bridgehead atoms. The van der Waals surface area contributed by atoms with Crippen LogP contribution in [-0.2, 0) is 18.9 Å². The van der Waals surface area contributed by atoms with E-state index >= 15 is 0 Å². The number of ether oxygens (including phenoxy) is 4. The van der Waals surface area contributed by atoms with E-state index in [0.717, 1.165) is 0 Å². The Morgan fingerprint density at radius 2 is 1.55 bits per heavy atom. The molecule has 2 unspecified atom stereocenters. The molecule has 1 aliphatic heterocycles. The van der Waals surface area contributed by atoms with Crippen LogP contribution in [0.15, 0.2) is 0 Å². The normalized spacial score (nSPS) is 31.1. The molecule has 0 aromatic heterocycles. The molecule has 0 amide bonds. The largest absolute Gasteiger partial charge is 0.382 e. The smallest absolute Gasteiger partial charge is 0.147 e. The van der Waals surface area contributed by atoms with Gasteiger partial charge in [-0.1, -0.05) is 0 Å². The Morgan fingerprint density at radius 3 is 1.91 bits per heavy atom. The third-order valence-corrected chi connectivity index (χ3v) is 1.64. The zero-order valence-electron chi connectivity index (χ0n) is 6.91. The summed E-state index contributed by atoms with van der Waals surface area (Å²) in [6, 6.07) is 0. The molecule has 0 spiro atoms. The highest BCUT2D eigenvalue weighted by atomic mass is 16.7. The molecule has 1 aliphatic rings. The molecule has 4 nitrogen and oxygen atoms in total. The molecule has 1 saturated heterocycles. The average Bonchev–Trinajstić information content (AvgIpc) is 2.39. The van der Waals surface area contributed by atoms with Crippen LogP contribution in [-0.4, -0.2) is 46.4 Å². The van der Waals surface area contributed by atoms with Crippen molar-refractivity contribution in [2.45, 2.75) is 12.2 Å². The van der Waals surface area contributed by atoms with Crippen LogP contribution in [0.25, 0.3) is 0 Å². The molecule has 11 heavy (non-hydrogen) atoms. The minimum Gasteiger partial charge on any atom is -0.382 e. The fourth-order valence-corrected chi connectivity index (χ4v) is 1.07. The number of methoxy groups -OCH3 is 2. The third kappa shape index (κ3) is 2.41. The van der Waals surface area contributed by atoms with Gasteiger partial charge in [0.15, 0.2) is 0 Å². The van der Waals surface area contributed by atoms with Gasteiger partial charge >= 0.3 is 0 Å². The van der Waals surface area contributed by atoms with Crippen molar-refractivity contribution in [3.63, 3.8) is 0 Å². The van der Waals surface area contributed by atoms with E-state index in [-0.39, 0.29) is 12.2 Å². The van der Waals surface area contributed by atoms with E-state index in [1.165, 1.54) is 0 Å². The highest BCUT2D eigenvalue weighted by molar-refractivity contribution is 4.72. The molecule has 1 heterocycles. The van der Waals surface area contributed by atoms with E-state index in [0.29, 0.717) is 20.0 Å². The van der Waals surface area contributed by atoms with Gasteiger partial charge in [-0.05, 0) is 0 Å². The monoisotopic (exact) mass is 162 g/mol. The highest BCUT2D eigenvalue weighted by Crippen LogP contribution is 2.12. The van der Waals surface area contributed by atoms with Crippen LogP contribution in [0.4, 0.5) is 0 Å². The Morgan fingerprint density at radius 1 is 1.09 bits per heavy atom. The number of rotatable bonds is 4. The molecule has 0 aromatic carbocycles.